The van der Waals surface area contributed by atoms with Crippen LogP contribution in [0.1, 0.15) is 32.8 Å². The Bertz CT molecular complexity index is 484. The van der Waals surface area contributed by atoms with Gasteiger partial charge in [0.15, 0.2) is 0 Å². The lowest BCUT2D eigenvalue weighted by Gasteiger charge is -2.20. The molecule has 0 radical (unpaired) electrons. The molecule has 0 amide bonds. The summed E-state index contributed by atoms with van der Waals surface area (Å²) in [4.78, 5) is 12.1. The van der Waals surface area contributed by atoms with Gasteiger partial charge in [0.05, 0.1) is 0 Å². The third-order valence-electron chi connectivity index (χ3n) is 2.66. The smallest absolute Gasteiger partial charge is 0.334 e. The SMILES string of the molecule is CC(C)(C)OC(=O)C1=Cc2ccccc2NCC1. The monoisotopic (exact) mass is 245 g/mol. The Morgan fingerprint density at radius 3 is 2.72 bits per heavy atom. The summed E-state index contributed by atoms with van der Waals surface area (Å²) in [6.45, 7) is 6.40. The average molecular weight is 245 g/mol. The van der Waals surface area contributed by atoms with Crippen molar-refractivity contribution >= 4 is 17.7 Å². The molecule has 1 aromatic rings. The number of rotatable bonds is 1. The van der Waals surface area contributed by atoms with E-state index in [2.05, 4.69) is 5.32 Å². The highest BCUT2D eigenvalue weighted by molar-refractivity contribution is 5.95. The number of carbonyl (C=O) groups is 1. The number of fused-ring (bicyclic) bond motifs is 1. The van der Waals surface area contributed by atoms with Crippen molar-refractivity contribution in [3.8, 4) is 0 Å². The minimum Gasteiger partial charge on any atom is -0.457 e. The second-order valence-electron chi connectivity index (χ2n) is 5.44. The zero-order valence-electron chi connectivity index (χ0n) is 11.1. The number of benzene rings is 1. The maximum absolute atomic E-state index is 12.1. The average Bonchev–Trinajstić information content (AvgIpc) is 2.48. The zero-order chi connectivity index (χ0) is 13.2. The van der Waals surface area contributed by atoms with Crippen LogP contribution in [0.2, 0.25) is 0 Å². The van der Waals surface area contributed by atoms with Crippen LogP contribution >= 0.6 is 0 Å². The minimum absolute atomic E-state index is 0.221. The van der Waals surface area contributed by atoms with Crippen molar-refractivity contribution in [2.24, 2.45) is 0 Å². The molecule has 2 rings (SSSR count). The molecule has 0 aromatic heterocycles. The first kappa shape index (κ1) is 12.7. The summed E-state index contributed by atoms with van der Waals surface area (Å²) in [7, 11) is 0. The van der Waals surface area contributed by atoms with Gasteiger partial charge < -0.3 is 10.1 Å². The topological polar surface area (TPSA) is 38.3 Å². The Balaban J connectivity index is 2.24. The largest absolute Gasteiger partial charge is 0.457 e. The van der Waals surface area contributed by atoms with Crippen LogP contribution in [0, 0.1) is 0 Å². The summed E-state index contributed by atoms with van der Waals surface area (Å²) in [6.07, 6.45) is 2.60. The molecule has 0 saturated carbocycles. The van der Waals surface area contributed by atoms with Gasteiger partial charge in [0.1, 0.15) is 5.60 Å². The Morgan fingerprint density at radius 2 is 2.00 bits per heavy atom. The van der Waals surface area contributed by atoms with Crippen molar-refractivity contribution < 1.29 is 9.53 Å². The fourth-order valence-electron chi connectivity index (χ4n) is 1.88. The maximum atomic E-state index is 12.1. The quantitative estimate of drug-likeness (QED) is 0.772. The van der Waals surface area contributed by atoms with Crippen LogP contribution in [0.4, 0.5) is 5.69 Å². The molecule has 3 nitrogen and oxygen atoms in total. The van der Waals surface area contributed by atoms with Crippen molar-refractivity contribution in [3.63, 3.8) is 0 Å². The maximum Gasteiger partial charge on any atom is 0.334 e. The molecule has 0 aliphatic carbocycles. The van der Waals surface area contributed by atoms with E-state index in [0.717, 1.165) is 23.4 Å². The summed E-state index contributed by atoms with van der Waals surface area (Å²) in [5.74, 6) is -0.221. The van der Waals surface area contributed by atoms with E-state index in [9.17, 15) is 4.79 Å². The van der Waals surface area contributed by atoms with Gasteiger partial charge in [-0.1, -0.05) is 18.2 Å². The summed E-state index contributed by atoms with van der Waals surface area (Å²) in [5, 5.41) is 3.31. The van der Waals surface area contributed by atoms with Crippen molar-refractivity contribution in [1.29, 1.82) is 0 Å². The normalized spacial score (nSPS) is 14.9. The second-order valence-corrected chi connectivity index (χ2v) is 5.44. The van der Waals surface area contributed by atoms with Gasteiger partial charge in [-0.2, -0.15) is 0 Å². The van der Waals surface area contributed by atoms with E-state index in [-0.39, 0.29) is 5.97 Å². The summed E-state index contributed by atoms with van der Waals surface area (Å²) < 4.78 is 5.41. The molecular weight excluding hydrogens is 226 g/mol. The molecule has 1 aliphatic rings. The highest BCUT2D eigenvalue weighted by Gasteiger charge is 2.21. The van der Waals surface area contributed by atoms with Gasteiger partial charge in [-0.25, -0.2) is 4.79 Å². The van der Waals surface area contributed by atoms with Gasteiger partial charge in [0, 0.05) is 17.8 Å². The Hall–Kier alpha value is -1.77. The number of carbonyl (C=O) groups excluding carboxylic acids is 1. The number of nitrogens with one attached hydrogen (secondary N) is 1. The van der Waals surface area contributed by atoms with Crippen LogP contribution in [0.5, 0.6) is 0 Å². The van der Waals surface area contributed by atoms with Crippen molar-refractivity contribution in [1.82, 2.24) is 0 Å². The molecule has 1 N–H and O–H groups in total. The molecular formula is C15H19NO2. The van der Waals surface area contributed by atoms with E-state index in [0.29, 0.717) is 6.42 Å². The number of hydrogen-bond donors (Lipinski definition) is 1. The number of ether oxygens (including phenoxy) is 1. The van der Waals surface area contributed by atoms with Gasteiger partial charge in [-0.05, 0) is 44.9 Å². The third-order valence-corrected chi connectivity index (χ3v) is 2.66. The van der Waals surface area contributed by atoms with Crippen LogP contribution in [0.15, 0.2) is 29.8 Å². The molecule has 0 saturated heterocycles. The Labute approximate surface area is 108 Å². The van der Waals surface area contributed by atoms with Gasteiger partial charge >= 0.3 is 5.97 Å². The van der Waals surface area contributed by atoms with Crippen LogP contribution in [-0.4, -0.2) is 18.1 Å². The zero-order valence-corrected chi connectivity index (χ0v) is 11.1. The molecule has 0 unspecified atom stereocenters. The Morgan fingerprint density at radius 1 is 1.28 bits per heavy atom. The molecule has 1 heterocycles. The first-order valence-electron chi connectivity index (χ1n) is 6.22. The van der Waals surface area contributed by atoms with Crippen molar-refractivity contribution in [2.75, 3.05) is 11.9 Å². The molecule has 96 valence electrons. The summed E-state index contributed by atoms with van der Waals surface area (Å²) in [6, 6.07) is 7.97. The van der Waals surface area contributed by atoms with Crippen LogP contribution in [-0.2, 0) is 9.53 Å². The lowest BCUT2D eigenvalue weighted by atomic mass is 10.1. The number of esters is 1. The van der Waals surface area contributed by atoms with Crippen molar-refractivity contribution in [3.05, 3.63) is 35.4 Å². The van der Waals surface area contributed by atoms with E-state index in [1.54, 1.807) is 0 Å². The van der Waals surface area contributed by atoms with E-state index < -0.39 is 5.60 Å². The standard InChI is InChI=1S/C15H19NO2/c1-15(2,3)18-14(17)12-8-9-16-13-7-5-4-6-11(13)10-12/h4-7,10,16H,8-9H2,1-3H3. The fraction of sp³-hybridized carbons (Fsp3) is 0.400. The predicted octanol–water partition coefficient (Wildman–Crippen LogP) is 3.23. The van der Waals surface area contributed by atoms with E-state index >= 15 is 0 Å². The second kappa shape index (κ2) is 4.84. The molecule has 1 aliphatic heterocycles. The highest BCUT2D eigenvalue weighted by Crippen LogP contribution is 2.24. The molecule has 3 heteroatoms. The van der Waals surface area contributed by atoms with E-state index in [4.69, 9.17) is 4.74 Å². The molecule has 0 spiro atoms. The number of hydrogen-bond acceptors (Lipinski definition) is 3. The van der Waals surface area contributed by atoms with Gasteiger partial charge in [0.25, 0.3) is 0 Å². The number of anilines is 1. The summed E-state index contributed by atoms with van der Waals surface area (Å²) >= 11 is 0. The number of para-hydroxylation sites is 1. The minimum atomic E-state index is -0.447. The van der Waals surface area contributed by atoms with Gasteiger partial charge in [-0.15, -0.1) is 0 Å². The first-order chi connectivity index (χ1) is 8.46. The van der Waals surface area contributed by atoms with Crippen LogP contribution in [0.3, 0.4) is 0 Å². The summed E-state index contributed by atoms with van der Waals surface area (Å²) in [5.41, 5.74) is 2.38. The van der Waals surface area contributed by atoms with Gasteiger partial charge in [0.2, 0.25) is 0 Å². The molecule has 18 heavy (non-hydrogen) atoms. The molecule has 0 fully saturated rings. The van der Waals surface area contributed by atoms with Crippen molar-refractivity contribution in [2.45, 2.75) is 32.8 Å². The van der Waals surface area contributed by atoms with Crippen LogP contribution in [0.25, 0.3) is 6.08 Å². The highest BCUT2D eigenvalue weighted by atomic mass is 16.6. The first-order valence-corrected chi connectivity index (χ1v) is 6.22. The fourth-order valence-corrected chi connectivity index (χ4v) is 1.88. The molecule has 0 atom stereocenters. The molecule has 1 aromatic carbocycles. The predicted molar refractivity (Wildman–Crippen MR) is 73.4 cm³/mol. The Kier molecular flexibility index (Phi) is 3.41. The van der Waals surface area contributed by atoms with Gasteiger partial charge in [-0.3, -0.25) is 0 Å². The lowest BCUT2D eigenvalue weighted by molar-refractivity contribution is -0.149. The lowest BCUT2D eigenvalue weighted by Crippen LogP contribution is -2.25. The van der Waals surface area contributed by atoms with E-state index in [1.165, 1.54) is 0 Å². The van der Waals surface area contributed by atoms with E-state index in [1.807, 2.05) is 51.1 Å². The molecule has 0 bridgehead atoms. The van der Waals surface area contributed by atoms with Crippen LogP contribution < -0.4 is 5.32 Å². The third kappa shape index (κ3) is 3.13.